The Balaban J connectivity index is 1.69. The van der Waals surface area contributed by atoms with E-state index in [2.05, 4.69) is 10.0 Å². The minimum absolute atomic E-state index is 0.0226. The SMILES string of the molecule is CS(=O)(=O)NCC1CCC(C(=O)NCc2ccco2)CC1. The first kappa shape index (κ1) is 16.0. The Morgan fingerprint density at radius 3 is 2.62 bits per heavy atom. The molecule has 0 saturated heterocycles. The zero-order chi connectivity index (χ0) is 15.3. The lowest BCUT2D eigenvalue weighted by Gasteiger charge is -2.27. The van der Waals surface area contributed by atoms with E-state index in [9.17, 15) is 13.2 Å². The molecule has 2 N–H and O–H groups in total. The normalized spacial score (nSPS) is 22.9. The molecule has 1 aromatic rings. The second-order valence-electron chi connectivity index (χ2n) is 5.64. The molecule has 0 aromatic carbocycles. The van der Waals surface area contributed by atoms with Crippen LogP contribution in [-0.2, 0) is 21.4 Å². The maximum atomic E-state index is 12.1. The first-order valence-corrected chi connectivity index (χ1v) is 9.08. The molecule has 1 fully saturated rings. The minimum atomic E-state index is -3.13. The van der Waals surface area contributed by atoms with Gasteiger partial charge in [-0.05, 0) is 43.7 Å². The van der Waals surface area contributed by atoms with Gasteiger partial charge in [-0.1, -0.05) is 0 Å². The van der Waals surface area contributed by atoms with Crippen LogP contribution in [0.4, 0.5) is 0 Å². The highest BCUT2D eigenvalue weighted by molar-refractivity contribution is 7.88. The number of carbonyl (C=O) groups excluding carboxylic acids is 1. The fraction of sp³-hybridized carbons (Fsp3) is 0.643. The third-order valence-corrected chi connectivity index (χ3v) is 4.56. The summed E-state index contributed by atoms with van der Waals surface area (Å²) >= 11 is 0. The van der Waals surface area contributed by atoms with E-state index in [1.54, 1.807) is 12.3 Å². The lowest BCUT2D eigenvalue weighted by molar-refractivity contribution is -0.126. The van der Waals surface area contributed by atoms with Gasteiger partial charge in [-0.3, -0.25) is 4.79 Å². The van der Waals surface area contributed by atoms with Gasteiger partial charge in [-0.2, -0.15) is 0 Å². The second-order valence-corrected chi connectivity index (χ2v) is 7.47. The van der Waals surface area contributed by atoms with Crippen LogP contribution in [0.15, 0.2) is 22.8 Å². The number of sulfonamides is 1. The van der Waals surface area contributed by atoms with Crippen LogP contribution in [0.5, 0.6) is 0 Å². The van der Waals surface area contributed by atoms with Crippen molar-refractivity contribution in [2.45, 2.75) is 32.2 Å². The molecule has 0 bridgehead atoms. The van der Waals surface area contributed by atoms with Crippen molar-refractivity contribution in [3.8, 4) is 0 Å². The molecule has 2 rings (SSSR count). The van der Waals surface area contributed by atoms with Crippen LogP contribution in [0.25, 0.3) is 0 Å². The molecule has 0 aliphatic heterocycles. The van der Waals surface area contributed by atoms with E-state index in [0.717, 1.165) is 31.4 Å². The van der Waals surface area contributed by atoms with Gasteiger partial charge in [0.2, 0.25) is 15.9 Å². The van der Waals surface area contributed by atoms with Crippen molar-refractivity contribution >= 4 is 15.9 Å². The van der Waals surface area contributed by atoms with Crippen LogP contribution < -0.4 is 10.0 Å². The van der Waals surface area contributed by atoms with E-state index < -0.39 is 10.0 Å². The Bertz CT molecular complexity index is 546. The average molecular weight is 314 g/mol. The van der Waals surface area contributed by atoms with E-state index in [4.69, 9.17) is 4.42 Å². The number of hydrogen-bond acceptors (Lipinski definition) is 4. The van der Waals surface area contributed by atoms with Crippen LogP contribution in [0.2, 0.25) is 0 Å². The number of carbonyl (C=O) groups is 1. The third kappa shape index (κ3) is 5.51. The van der Waals surface area contributed by atoms with Crippen molar-refractivity contribution < 1.29 is 17.6 Å². The van der Waals surface area contributed by atoms with Gasteiger partial charge in [-0.25, -0.2) is 13.1 Å². The molecule has 1 saturated carbocycles. The predicted octanol–water partition coefficient (Wildman–Crippen LogP) is 1.25. The van der Waals surface area contributed by atoms with Gasteiger partial charge in [0.05, 0.1) is 19.1 Å². The van der Waals surface area contributed by atoms with Crippen molar-refractivity contribution in [3.05, 3.63) is 24.2 Å². The molecule has 6 nitrogen and oxygen atoms in total. The Hall–Kier alpha value is -1.34. The van der Waals surface area contributed by atoms with Crippen molar-refractivity contribution in [3.63, 3.8) is 0 Å². The Morgan fingerprint density at radius 2 is 2.05 bits per heavy atom. The van der Waals surface area contributed by atoms with Crippen LogP contribution in [0.3, 0.4) is 0 Å². The van der Waals surface area contributed by atoms with E-state index in [1.807, 2.05) is 6.07 Å². The van der Waals surface area contributed by atoms with E-state index in [1.165, 1.54) is 6.26 Å². The van der Waals surface area contributed by atoms with Crippen LogP contribution >= 0.6 is 0 Å². The zero-order valence-corrected chi connectivity index (χ0v) is 13.0. The Morgan fingerprint density at radius 1 is 1.33 bits per heavy atom. The fourth-order valence-electron chi connectivity index (χ4n) is 2.63. The predicted molar refractivity (Wildman–Crippen MR) is 78.8 cm³/mol. The molecule has 0 spiro atoms. The number of nitrogens with one attached hydrogen (secondary N) is 2. The maximum Gasteiger partial charge on any atom is 0.223 e. The number of hydrogen-bond donors (Lipinski definition) is 2. The summed E-state index contributed by atoms with van der Waals surface area (Å²) in [5.74, 6) is 1.15. The second kappa shape index (κ2) is 7.09. The summed E-state index contributed by atoms with van der Waals surface area (Å²) in [5, 5.41) is 2.88. The number of rotatable bonds is 6. The first-order chi connectivity index (χ1) is 9.94. The van der Waals surface area contributed by atoms with Gasteiger partial charge in [0, 0.05) is 12.5 Å². The molecule has 118 valence electrons. The quantitative estimate of drug-likeness (QED) is 0.827. The van der Waals surface area contributed by atoms with Gasteiger partial charge in [-0.15, -0.1) is 0 Å². The van der Waals surface area contributed by atoms with Crippen molar-refractivity contribution in [1.82, 2.24) is 10.0 Å². The van der Waals surface area contributed by atoms with E-state index in [0.29, 0.717) is 19.0 Å². The standard InChI is InChI=1S/C14H22N2O4S/c1-21(18,19)16-9-11-4-6-12(7-5-11)14(17)15-10-13-3-2-8-20-13/h2-3,8,11-12,16H,4-7,9-10H2,1H3,(H,15,17). The minimum Gasteiger partial charge on any atom is -0.467 e. The average Bonchev–Trinajstić information content (AvgIpc) is 2.95. The molecule has 1 aliphatic carbocycles. The highest BCUT2D eigenvalue weighted by atomic mass is 32.2. The molecule has 1 aliphatic rings. The third-order valence-electron chi connectivity index (χ3n) is 3.87. The summed E-state index contributed by atoms with van der Waals surface area (Å²) in [7, 11) is -3.13. The number of furan rings is 1. The zero-order valence-electron chi connectivity index (χ0n) is 12.2. The maximum absolute atomic E-state index is 12.1. The van der Waals surface area contributed by atoms with Crippen molar-refractivity contribution in [2.75, 3.05) is 12.8 Å². The fourth-order valence-corrected chi connectivity index (χ4v) is 3.17. The summed E-state index contributed by atoms with van der Waals surface area (Å²) in [6, 6.07) is 3.62. The van der Waals surface area contributed by atoms with Crippen molar-refractivity contribution in [1.29, 1.82) is 0 Å². The molecule has 1 aromatic heterocycles. The summed E-state index contributed by atoms with van der Waals surface area (Å²) in [5.41, 5.74) is 0. The molecule has 7 heteroatoms. The van der Waals surface area contributed by atoms with Gasteiger partial charge in [0.25, 0.3) is 0 Å². The summed E-state index contributed by atoms with van der Waals surface area (Å²) in [6.45, 7) is 0.890. The van der Waals surface area contributed by atoms with Crippen LogP contribution in [-0.4, -0.2) is 27.1 Å². The molecule has 21 heavy (non-hydrogen) atoms. The molecular formula is C14H22N2O4S. The smallest absolute Gasteiger partial charge is 0.223 e. The van der Waals surface area contributed by atoms with Gasteiger partial charge >= 0.3 is 0 Å². The largest absolute Gasteiger partial charge is 0.467 e. The summed E-state index contributed by atoms with van der Waals surface area (Å²) in [6.07, 6.45) is 6.12. The topological polar surface area (TPSA) is 88.4 Å². The Labute approximate surface area is 125 Å². The van der Waals surface area contributed by atoms with Crippen LogP contribution in [0, 0.1) is 11.8 Å². The molecular weight excluding hydrogens is 292 g/mol. The number of amides is 1. The molecule has 0 atom stereocenters. The molecule has 0 unspecified atom stereocenters. The van der Waals surface area contributed by atoms with Crippen molar-refractivity contribution in [2.24, 2.45) is 11.8 Å². The first-order valence-electron chi connectivity index (χ1n) is 7.19. The van der Waals surface area contributed by atoms with Gasteiger partial charge in [0.1, 0.15) is 5.76 Å². The molecule has 0 radical (unpaired) electrons. The molecule has 1 heterocycles. The summed E-state index contributed by atoms with van der Waals surface area (Å²) in [4.78, 5) is 12.1. The lowest BCUT2D eigenvalue weighted by atomic mass is 9.81. The monoisotopic (exact) mass is 314 g/mol. The van der Waals surface area contributed by atoms with E-state index in [-0.39, 0.29) is 11.8 Å². The molecule has 1 amide bonds. The van der Waals surface area contributed by atoms with Gasteiger partial charge < -0.3 is 9.73 Å². The van der Waals surface area contributed by atoms with Crippen LogP contribution in [0.1, 0.15) is 31.4 Å². The van der Waals surface area contributed by atoms with Gasteiger partial charge in [0.15, 0.2) is 0 Å². The highest BCUT2D eigenvalue weighted by Gasteiger charge is 2.26. The highest BCUT2D eigenvalue weighted by Crippen LogP contribution is 2.28. The van der Waals surface area contributed by atoms with E-state index >= 15 is 0 Å². The lowest BCUT2D eigenvalue weighted by Crippen LogP contribution is -2.35. The Kier molecular flexibility index (Phi) is 5.41. The summed E-state index contributed by atoms with van der Waals surface area (Å²) < 4.78 is 29.8.